The number of esters is 1. The van der Waals surface area contributed by atoms with Gasteiger partial charge in [-0.1, -0.05) is 54.6 Å². The number of amides is 1. The van der Waals surface area contributed by atoms with Crippen molar-refractivity contribution in [2.45, 2.75) is 37.5 Å². The van der Waals surface area contributed by atoms with Crippen molar-refractivity contribution in [1.82, 2.24) is 5.32 Å². The van der Waals surface area contributed by atoms with Crippen molar-refractivity contribution in [2.75, 3.05) is 7.11 Å². The lowest BCUT2D eigenvalue weighted by Gasteiger charge is -2.19. The molecule has 0 fully saturated rings. The van der Waals surface area contributed by atoms with Gasteiger partial charge in [0.05, 0.1) is 5.56 Å². The average Bonchev–Trinajstić information content (AvgIpc) is 2.95. The van der Waals surface area contributed by atoms with Gasteiger partial charge in [-0.2, -0.15) is 0 Å². The molecule has 0 spiro atoms. The highest BCUT2D eigenvalue weighted by Gasteiger charge is 2.24. The molecule has 3 atom stereocenters. The third-order valence-electron chi connectivity index (χ3n) is 4.73. The lowest BCUT2D eigenvalue weighted by Crippen LogP contribution is -2.37. The van der Waals surface area contributed by atoms with Crippen LogP contribution >= 0.6 is 0 Å². The first-order valence-corrected chi connectivity index (χ1v) is 9.50. The van der Waals surface area contributed by atoms with E-state index in [0.717, 1.165) is 24.8 Å². The third-order valence-corrected chi connectivity index (χ3v) is 4.73. The molecule has 0 unspecified atom stereocenters. The molecule has 0 radical (unpaired) electrons. The highest BCUT2D eigenvalue weighted by atomic mass is 16.5. The number of carbonyl (C=O) groups excluding carboxylic acids is 2. The minimum Gasteiger partial charge on any atom is -0.455 e. The lowest BCUT2D eigenvalue weighted by molar-refractivity contribution is -0.131. The molecule has 28 heavy (non-hydrogen) atoms. The van der Waals surface area contributed by atoms with Gasteiger partial charge in [-0.05, 0) is 43.0 Å². The van der Waals surface area contributed by atoms with Crippen molar-refractivity contribution >= 4 is 11.9 Å². The second kappa shape index (κ2) is 9.85. The van der Waals surface area contributed by atoms with Crippen LogP contribution in [0.1, 0.15) is 41.3 Å². The number of carbonyl (C=O) groups is 2. The van der Waals surface area contributed by atoms with E-state index < -0.39 is 6.10 Å². The van der Waals surface area contributed by atoms with Gasteiger partial charge in [-0.25, -0.2) is 4.79 Å². The number of hydrogen-bond acceptors (Lipinski definition) is 4. The molecule has 2 aromatic carbocycles. The van der Waals surface area contributed by atoms with Gasteiger partial charge in [0.1, 0.15) is 6.10 Å². The first-order chi connectivity index (χ1) is 13.7. The molecule has 5 heteroatoms. The number of nitrogens with one attached hydrogen (secondary N) is 1. The Balaban J connectivity index is 1.58. The van der Waals surface area contributed by atoms with Gasteiger partial charge in [0, 0.05) is 13.2 Å². The second-order valence-corrected chi connectivity index (χ2v) is 6.77. The van der Waals surface area contributed by atoms with E-state index in [1.54, 1.807) is 12.1 Å². The summed E-state index contributed by atoms with van der Waals surface area (Å²) >= 11 is 0. The van der Waals surface area contributed by atoms with E-state index in [9.17, 15) is 9.59 Å². The maximum Gasteiger partial charge on any atom is 0.338 e. The van der Waals surface area contributed by atoms with Crippen LogP contribution in [0, 0.1) is 0 Å². The Kier molecular flexibility index (Phi) is 6.98. The average molecular weight is 379 g/mol. The van der Waals surface area contributed by atoms with E-state index in [0.29, 0.717) is 5.56 Å². The van der Waals surface area contributed by atoms with E-state index in [4.69, 9.17) is 9.47 Å². The molecular formula is C23H25NO4. The summed E-state index contributed by atoms with van der Waals surface area (Å²) in [6, 6.07) is 18.2. The largest absolute Gasteiger partial charge is 0.455 e. The van der Waals surface area contributed by atoms with Crippen molar-refractivity contribution in [3.05, 3.63) is 83.9 Å². The summed E-state index contributed by atoms with van der Waals surface area (Å²) in [6.45, 7) is 0. The Labute approximate surface area is 165 Å². The molecular weight excluding hydrogens is 354 g/mol. The van der Waals surface area contributed by atoms with Gasteiger partial charge in [0.2, 0.25) is 0 Å². The predicted octanol–water partition coefficient (Wildman–Crippen LogP) is 3.82. The lowest BCUT2D eigenvalue weighted by atomic mass is 10.1. The minimum atomic E-state index is -0.649. The van der Waals surface area contributed by atoms with E-state index in [1.807, 2.05) is 60.7 Å². The van der Waals surface area contributed by atoms with Crippen molar-refractivity contribution < 1.29 is 19.1 Å². The van der Waals surface area contributed by atoms with Crippen LogP contribution in [-0.4, -0.2) is 31.1 Å². The highest BCUT2D eigenvalue weighted by molar-refractivity contribution is 5.89. The van der Waals surface area contributed by atoms with Gasteiger partial charge in [-0.3, -0.25) is 4.79 Å². The number of methoxy groups -OCH3 is 1. The van der Waals surface area contributed by atoms with Crippen LogP contribution in [0.3, 0.4) is 0 Å². The molecule has 1 aliphatic carbocycles. The molecule has 2 aromatic rings. The number of hydrogen-bond donors (Lipinski definition) is 1. The van der Waals surface area contributed by atoms with Gasteiger partial charge in [-0.15, -0.1) is 0 Å². The topological polar surface area (TPSA) is 64.6 Å². The standard InChI is InChI=1S/C23H25NO4/c1-27-21(17-9-4-2-5-10-17)22(25)24-19-13-8-14-20(16-15-19)28-23(26)18-11-6-3-7-12-18/h2-7,9-12,15-16,19-21H,8,13-14H2,1H3,(H,24,25)/t19-,20+,21+/m1/s1. The zero-order chi connectivity index (χ0) is 19.8. The van der Waals surface area contributed by atoms with Crippen molar-refractivity contribution in [1.29, 1.82) is 0 Å². The maximum absolute atomic E-state index is 12.6. The predicted molar refractivity (Wildman–Crippen MR) is 107 cm³/mol. The van der Waals surface area contributed by atoms with Crippen LogP contribution in [0.5, 0.6) is 0 Å². The molecule has 0 saturated carbocycles. The van der Waals surface area contributed by atoms with Gasteiger partial charge in [0.15, 0.2) is 6.10 Å². The molecule has 0 aromatic heterocycles. The Bertz CT molecular complexity index is 804. The Hall–Kier alpha value is -2.92. The van der Waals surface area contributed by atoms with E-state index in [1.165, 1.54) is 7.11 Å². The molecule has 0 bridgehead atoms. The summed E-state index contributed by atoms with van der Waals surface area (Å²) in [5.41, 5.74) is 1.35. The summed E-state index contributed by atoms with van der Waals surface area (Å²) in [5, 5.41) is 3.02. The summed E-state index contributed by atoms with van der Waals surface area (Å²) in [6.07, 6.45) is 5.19. The first-order valence-electron chi connectivity index (χ1n) is 9.50. The van der Waals surface area contributed by atoms with Crippen molar-refractivity contribution in [2.24, 2.45) is 0 Å². The molecule has 3 rings (SSSR count). The fourth-order valence-corrected chi connectivity index (χ4v) is 3.27. The number of ether oxygens (including phenoxy) is 2. The highest BCUT2D eigenvalue weighted by Crippen LogP contribution is 2.20. The normalized spacial score (nSPS) is 20.0. The van der Waals surface area contributed by atoms with Crippen molar-refractivity contribution in [3.63, 3.8) is 0 Å². The van der Waals surface area contributed by atoms with Gasteiger partial charge in [0.25, 0.3) is 5.91 Å². The summed E-state index contributed by atoms with van der Waals surface area (Å²) < 4.78 is 11.0. The molecule has 0 heterocycles. The van der Waals surface area contributed by atoms with Crippen LogP contribution in [0.4, 0.5) is 0 Å². The summed E-state index contributed by atoms with van der Waals surface area (Å²) in [4.78, 5) is 24.9. The summed E-state index contributed by atoms with van der Waals surface area (Å²) in [7, 11) is 1.53. The maximum atomic E-state index is 12.6. The number of benzene rings is 2. The smallest absolute Gasteiger partial charge is 0.338 e. The fourth-order valence-electron chi connectivity index (χ4n) is 3.27. The number of rotatable bonds is 6. The Morgan fingerprint density at radius 2 is 1.64 bits per heavy atom. The SMILES string of the molecule is CO[C@H](C(=O)N[C@H]1C=C[C@@H](OC(=O)c2ccccc2)CCC1)c1ccccc1. The molecule has 0 saturated heterocycles. The van der Waals surface area contributed by atoms with Crippen molar-refractivity contribution in [3.8, 4) is 0 Å². The first kappa shape index (κ1) is 19.8. The monoisotopic (exact) mass is 379 g/mol. The zero-order valence-corrected chi connectivity index (χ0v) is 15.9. The van der Waals surface area contributed by atoms with Crippen LogP contribution in [0.2, 0.25) is 0 Å². The summed E-state index contributed by atoms with van der Waals surface area (Å²) in [5.74, 6) is -0.510. The second-order valence-electron chi connectivity index (χ2n) is 6.77. The van der Waals surface area contributed by atoms with Crippen LogP contribution in [-0.2, 0) is 14.3 Å². The Morgan fingerprint density at radius 3 is 2.32 bits per heavy atom. The van der Waals surface area contributed by atoms with Crippen LogP contribution in [0.15, 0.2) is 72.8 Å². The molecule has 1 amide bonds. The van der Waals surface area contributed by atoms with E-state index in [2.05, 4.69) is 5.32 Å². The van der Waals surface area contributed by atoms with Crippen LogP contribution in [0.25, 0.3) is 0 Å². The minimum absolute atomic E-state index is 0.116. The molecule has 1 N–H and O–H groups in total. The van der Waals surface area contributed by atoms with Gasteiger partial charge >= 0.3 is 5.97 Å². The third kappa shape index (κ3) is 5.30. The fraction of sp³-hybridized carbons (Fsp3) is 0.304. The Morgan fingerprint density at radius 1 is 0.964 bits per heavy atom. The molecule has 5 nitrogen and oxygen atoms in total. The molecule has 1 aliphatic rings. The molecule has 146 valence electrons. The quantitative estimate of drug-likeness (QED) is 0.612. The zero-order valence-electron chi connectivity index (χ0n) is 15.9. The van der Waals surface area contributed by atoms with E-state index in [-0.39, 0.29) is 24.0 Å². The van der Waals surface area contributed by atoms with E-state index >= 15 is 0 Å². The van der Waals surface area contributed by atoms with Gasteiger partial charge < -0.3 is 14.8 Å². The van der Waals surface area contributed by atoms with Crippen LogP contribution < -0.4 is 5.32 Å². The molecule has 0 aliphatic heterocycles.